The van der Waals surface area contributed by atoms with Gasteiger partial charge in [0.25, 0.3) is 0 Å². The molecular formula is C14H16N4O. The van der Waals surface area contributed by atoms with Crippen LogP contribution in [0.3, 0.4) is 0 Å². The first-order valence-corrected chi connectivity index (χ1v) is 6.33. The Morgan fingerprint density at radius 2 is 2.16 bits per heavy atom. The molecule has 19 heavy (non-hydrogen) atoms. The number of anilines is 1. The Hall–Kier alpha value is -2.14. The largest absolute Gasteiger partial charge is 0.308 e. The van der Waals surface area contributed by atoms with Crippen molar-refractivity contribution in [1.29, 1.82) is 0 Å². The molecular weight excluding hydrogens is 240 g/mol. The summed E-state index contributed by atoms with van der Waals surface area (Å²) in [5.41, 5.74) is 2.51. The number of amides is 1. The molecule has 3 rings (SSSR count). The molecule has 0 saturated heterocycles. The number of carbonyl (C=O) groups is 1. The second-order valence-corrected chi connectivity index (χ2v) is 4.77. The van der Waals surface area contributed by atoms with Crippen LogP contribution in [0.15, 0.2) is 36.5 Å². The van der Waals surface area contributed by atoms with Crippen LogP contribution in [0.25, 0.3) is 0 Å². The number of rotatable bonds is 2. The van der Waals surface area contributed by atoms with Gasteiger partial charge in [-0.25, -0.2) is 0 Å². The van der Waals surface area contributed by atoms with Gasteiger partial charge in [0.2, 0.25) is 5.91 Å². The minimum atomic E-state index is -0.197. The molecule has 2 aromatic rings. The molecule has 0 fully saturated rings. The van der Waals surface area contributed by atoms with E-state index in [4.69, 9.17) is 0 Å². The molecule has 0 unspecified atom stereocenters. The Balaban J connectivity index is 1.69. The third-order valence-corrected chi connectivity index (χ3v) is 3.36. The molecule has 98 valence electrons. The molecule has 1 amide bonds. The summed E-state index contributed by atoms with van der Waals surface area (Å²) in [5, 5.41) is 10.2. The third kappa shape index (κ3) is 2.51. The molecule has 0 spiro atoms. The lowest BCUT2D eigenvalue weighted by Gasteiger charge is -2.24. The average Bonchev–Trinajstić information content (AvgIpc) is 2.83. The van der Waals surface area contributed by atoms with E-state index in [0.717, 1.165) is 13.0 Å². The zero-order chi connectivity index (χ0) is 13.2. The lowest BCUT2D eigenvalue weighted by Crippen LogP contribution is -2.44. The highest BCUT2D eigenvalue weighted by Crippen LogP contribution is 2.17. The van der Waals surface area contributed by atoms with Gasteiger partial charge in [0.05, 0.1) is 6.04 Å². The van der Waals surface area contributed by atoms with Crippen molar-refractivity contribution in [2.75, 3.05) is 5.32 Å². The number of benzene rings is 1. The number of aryl methyl sites for hydroxylation is 1. The minimum Gasteiger partial charge on any atom is -0.308 e. The molecule has 0 aliphatic carbocycles. The Kier molecular flexibility index (Phi) is 3.05. The second-order valence-electron chi connectivity index (χ2n) is 4.77. The zero-order valence-corrected chi connectivity index (χ0v) is 10.8. The number of aromatic nitrogens is 2. The maximum atomic E-state index is 12.2. The summed E-state index contributed by atoms with van der Waals surface area (Å²) in [7, 11) is 1.82. The number of carbonyl (C=O) groups excluding carboxylic acids is 1. The van der Waals surface area contributed by atoms with Crippen molar-refractivity contribution in [2.24, 2.45) is 7.05 Å². The third-order valence-electron chi connectivity index (χ3n) is 3.36. The molecule has 1 aromatic carbocycles. The fourth-order valence-electron chi connectivity index (χ4n) is 2.33. The van der Waals surface area contributed by atoms with E-state index in [1.54, 1.807) is 16.9 Å². The van der Waals surface area contributed by atoms with Crippen LogP contribution in [0.2, 0.25) is 0 Å². The van der Waals surface area contributed by atoms with E-state index in [-0.39, 0.29) is 11.9 Å². The SMILES string of the molecule is Cn1ccc(NC(=O)[C@H]2Cc3ccccc3CN2)n1. The first-order chi connectivity index (χ1) is 9.22. The molecule has 5 nitrogen and oxygen atoms in total. The predicted octanol–water partition coefficient (Wildman–Crippen LogP) is 1.07. The maximum absolute atomic E-state index is 12.2. The average molecular weight is 256 g/mol. The fourth-order valence-corrected chi connectivity index (χ4v) is 2.33. The summed E-state index contributed by atoms with van der Waals surface area (Å²) < 4.78 is 1.67. The van der Waals surface area contributed by atoms with Gasteiger partial charge in [0.15, 0.2) is 5.82 Å². The molecule has 5 heteroatoms. The lowest BCUT2D eigenvalue weighted by atomic mass is 9.95. The molecule has 2 N–H and O–H groups in total. The van der Waals surface area contributed by atoms with Gasteiger partial charge in [-0.15, -0.1) is 0 Å². The van der Waals surface area contributed by atoms with Crippen molar-refractivity contribution in [3.05, 3.63) is 47.7 Å². The van der Waals surface area contributed by atoms with Gasteiger partial charge in [0.1, 0.15) is 0 Å². The van der Waals surface area contributed by atoms with Crippen LogP contribution in [-0.4, -0.2) is 21.7 Å². The summed E-state index contributed by atoms with van der Waals surface area (Å²) >= 11 is 0. The molecule has 0 bridgehead atoms. The van der Waals surface area contributed by atoms with Crippen LogP contribution >= 0.6 is 0 Å². The van der Waals surface area contributed by atoms with Crippen molar-refractivity contribution in [1.82, 2.24) is 15.1 Å². The van der Waals surface area contributed by atoms with Gasteiger partial charge in [0, 0.05) is 25.9 Å². The van der Waals surface area contributed by atoms with Crippen molar-refractivity contribution < 1.29 is 4.79 Å². The Morgan fingerprint density at radius 1 is 1.37 bits per heavy atom. The van der Waals surface area contributed by atoms with Crippen LogP contribution in [0.5, 0.6) is 0 Å². The van der Waals surface area contributed by atoms with Crippen molar-refractivity contribution in [3.63, 3.8) is 0 Å². The van der Waals surface area contributed by atoms with E-state index in [1.165, 1.54) is 11.1 Å². The molecule has 0 saturated carbocycles. The van der Waals surface area contributed by atoms with Gasteiger partial charge in [-0.1, -0.05) is 24.3 Å². The smallest absolute Gasteiger partial charge is 0.243 e. The summed E-state index contributed by atoms with van der Waals surface area (Å²) in [6, 6.07) is 9.80. The van der Waals surface area contributed by atoms with E-state index in [1.807, 2.05) is 19.2 Å². The predicted molar refractivity (Wildman–Crippen MR) is 72.6 cm³/mol. The first-order valence-electron chi connectivity index (χ1n) is 6.33. The highest BCUT2D eigenvalue weighted by molar-refractivity contribution is 5.94. The summed E-state index contributed by atoms with van der Waals surface area (Å²) in [6.45, 7) is 0.733. The highest BCUT2D eigenvalue weighted by Gasteiger charge is 2.24. The number of nitrogens with zero attached hydrogens (tertiary/aromatic N) is 2. The van der Waals surface area contributed by atoms with Crippen LogP contribution in [0.1, 0.15) is 11.1 Å². The lowest BCUT2D eigenvalue weighted by molar-refractivity contribution is -0.118. The van der Waals surface area contributed by atoms with Gasteiger partial charge >= 0.3 is 0 Å². The van der Waals surface area contributed by atoms with Crippen LogP contribution in [0.4, 0.5) is 5.82 Å². The van der Waals surface area contributed by atoms with Crippen molar-refractivity contribution in [3.8, 4) is 0 Å². The van der Waals surface area contributed by atoms with E-state index >= 15 is 0 Å². The maximum Gasteiger partial charge on any atom is 0.243 e. The van der Waals surface area contributed by atoms with E-state index in [9.17, 15) is 4.79 Å². The number of nitrogens with one attached hydrogen (secondary N) is 2. The number of fused-ring (bicyclic) bond motifs is 1. The molecule has 1 aliphatic heterocycles. The minimum absolute atomic E-state index is 0.0341. The van der Waals surface area contributed by atoms with Crippen LogP contribution in [-0.2, 0) is 24.8 Å². The quantitative estimate of drug-likeness (QED) is 0.845. The number of hydrogen-bond donors (Lipinski definition) is 2. The summed E-state index contributed by atoms with van der Waals surface area (Å²) in [6.07, 6.45) is 2.52. The molecule has 2 heterocycles. The topological polar surface area (TPSA) is 59.0 Å². The summed E-state index contributed by atoms with van der Waals surface area (Å²) in [5.74, 6) is 0.557. The van der Waals surface area contributed by atoms with Gasteiger partial charge < -0.3 is 10.6 Å². The van der Waals surface area contributed by atoms with E-state index in [2.05, 4.69) is 27.9 Å². The van der Waals surface area contributed by atoms with Crippen LogP contribution < -0.4 is 10.6 Å². The van der Waals surface area contributed by atoms with Crippen molar-refractivity contribution in [2.45, 2.75) is 19.0 Å². The first kappa shape index (κ1) is 11.9. The second kappa shape index (κ2) is 4.85. The van der Waals surface area contributed by atoms with E-state index in [0.29, 0.717) is 5.82 Å². The molecule has 1 aliphatic rings. The number of hydrogen-bond acceptors (Lipinski definition) is 3. The molecule has 1 aromatic heterocycles. The normalized spacial score (nSPS) is 17.8. The van der Waals surface area contributed by atoms with Gasteiger partial charge in [-0.05, 0) is 17.5 Å². The zero-order valence-electron chi connectivity index (χ0n) is 10.8. The Morgan fingerprint density at radius 3 is 2.89 bits per heavy atom. The Labute approximate surface area is 111 Å². The van der Waals surface area contributed by atoms with Crippen LogP contribution in [0, 0.1) is 0 Å². The van der Waals surface area contributed by atoms with E-state index < -0.39 is 0 Å². The monoisotopic (exact) mass is 256 g/mol. The molecule has 0 radical (unpaired) electrons. The summed E-state index contributed by atoms with van der Waals surface area (Å²) in [4.78, 5) is 12.2. The Bertz CT molecular complexity index is 605. The highest BCUT2D eigenvalue weighted by atomic mass is 16.2. The van der Waals surface area contributed by atoms with Gasteiger partial charge in [-0.3, -0.25) is 9.48 Å². The molecule has 1 atom stereocenters. The van der Waals surface area contributed by atoms with Crippen molar-refractivity contribution >= 4 is 11.7 Å². The van der Waals surface area contributed by atoms with Gasteiger partial charge in [-0.2, -0.15) is 5.10 Å². The fraction of sp³-hybridized carbons (Fsp3) is 0.286. The standard InChI is InChI=1S/C14H16N4O/c1-18-7-6-13(17-18)16-14(19)12-8-10-4-2-3-5-11(10)9-15-12/h2-7,12,15H,8-9H2,1H3,(H,16,17,19)/t12-/m1/s1.